The van der Waals surface area contributed by atoms with Gasteiger partial charge in [-0.15, -0.1) is 0 Å². The molecule has 0 N–H and O–H groups in total. The highest BCUT2D eigenvalue weighted by molar-refractivity contribution is 5.39. The van der Waals surface area contributed by atoms with Gasteiger partial charge < -0.3 is 9.47 Å². The van der Waals surface area contributed by atoms with Crippen LogP contribution in [0.1, 0.15) is 43.2 Å². The third-order valence-electron chi connectivity index (χ3n) is 8.45. The van der Waals surface area contributed by atoms with Gasteiger partial charge in [0.2, 0.25) is 0 Å². The summed E-state index contributed by atoms with van der Waals surface area (Å²) in [4.78, 5) is 2.28. The molecule has 29 heavy (non-hydrogen) atoms. The maximum absolute atomic E-state index is 6.15. The predicted octanol–water partition coefficient (Wildman–Crippen LogP) is 5.34. The second-order valence-electron chi connectivity index (χ2n) is 10.3. The molecule has 2 atom stereocenters. The zero-order valence-electron chi connectivity index (χ0n) is 17.6. The smallest absolute Gasteiger partial charge is 0.127 e. The van der Waals surface area contributed by atoms with Crippen molar-refractivity contribution < 1.29 is 9.47 Å². The van der Waals surface area contributed by atoms with Crippen LogP contribution in [0.4, 0.5) is 0 Å². The summed E-state index contributed by atoms with van der Waals surface area (Å²) in [6, 6.07) is 17.4. The maximum atomic E-state index is 6.15. The lowest BCUT2D eigenvalue weighted by Crippen LogP contribution is -2.58. The largest absolute Gasteiger partial charge is 0.457 e. The lowest BCUT2D eigenvalue weighted by molar-refractivity contribution is -0.121. The first-order chi connectivity index (χ1) is 14.1. The minimum Gasteiger partial charge on any atom is -0.457 e. The van der Waals surface area contributed by atoms with E-state index in [4.69, 9.17) is 9.47 Å². The Bertz CT molecular complexity index is 878. The van der Waals surface area contributed by atoms with Crippen LogP contribution in [0.3, 0.4) is 0 Å². The molecule has 3 nitrogen and oxygen atoms in total. The lowest BCUT2D eigenvalue weighted by Gasteiger charge is -2.47. The molecule has 0 spiro atoms. The van der Waals surface area contributed by atoms with E-state index in [-0.39, 0.29) is 5.60 Å². The summed E-state index contributed by atoms with van der Waals surface area (Å²) in [5.41, 5.74) is 3.09. The molecule has 0 amide bonds. The van der Waals surface area contributed by atoms with Gasteiger partial charge in [-0.05, 0) is 97.7 Å². The van der Waals surface area contributed by atoms with Crippen molar-refractivity contribution in [2.75, 3.05) is 27.2 Å². The van der Waals surface area contributed by atoms with Gasteiger partial charge in [0, 0.05) is 20.2 Å². The fraction of sp³-hybridized carbons (Fsp3) is 0.538. The van der Waals surface area contributed by atoms with Gasteiger partial charge in [0.05, 0.1) is 0 Å². The summed E-state index contributed by atoms with van der Waals surface area (Å²) in [5, 5.41) is 0. The van der Waals surface area contributed by atoms with Crippen LogP contribution >= 0.6 is 0 Å². The Balaban J connectivity index is 1.16. The fourth-order valence-electron chi connectivity index (χ4n) is 7.26. The third-order valence-corrected chi connectivity index (χ3v) is 8.45. The number of benzene rings is 2. The Hall–Kier alpha value is -1.84. The van der Waals surface area contributed by atoms with Gasteiger partial charge >= 0.3 is 0 Å². The van der Waals surface area contributed by atoms with Crippen molar-refractivity contribution in [3.63, 3.8) is 0 Å². The van der Waals surface area contributed by atoms with Gasteiger partial charge in [-0.3, -0.25) is 4.90 Å². The van der Waals surface area contributed by atoms with Crippen LogP contribution in [0, 0.1) is 17.8 Å². The van der Waals surface area contributed by atoms with Crippen LogP contribution in [0.15, 0.2) is 48.5 Å². The third kappa shape index (κ3) is 2.78. The minimum absolute atomic E-state index is 0.159. The van der Waals surface area contributed by atoms with Crippen LogP contribution in [-0.4, -0.2) is 32.1 Å². The molecule has 5 fully saturated rings. The van der Waals surface area contributed by atoms with Gasteiger partial charge in [0.25, 0.3) is 0 Å². The number of nitrogens with zero attached hydrogens (tertiary/aromatic N) is 1. The highest BCUT2D eigenvalue weighted by Crippen LogP contribution is 2.64. The first kappa shape index (κ1) is 18.0. The van der Waals surface area contributed by atoms with Gasteiger partial charge in [-0.25, -0.2) is 0 Å². The average molecular weight is 390 g/mol. The van der Waals surface area contributed by atoms with Gasteiger partial charge in [-0.2, -0.15) is 0 Å². The second kappa shape index (κ2) is 6.33. The van der Waals surface area contributed by atoms with Crippen molar-refractivity contribution in [3.05, 3.63) is 59.7 Å². The monoisotopic (exact) mass is 389 g/mol. The first-order valence-corrected chi connectivity index (χ1v) is 11.2. The number of hydrogen-bond donors (Lipinski definition) is 0. The quantitative estimate of drug-likeness (QED) is 0.689. The topological polar surface area (TPSA) is 21.7 Å². The molecule has 152 valence electrons. The Labute approximate surface area is 174 Å². The predicted molar refractivity (Wildman–Crippen MR) is 114 cm³/mol. The van der Waals surface area contributed by atoms with Crippen molar-refractivity contribution in [2.24, 2.45) is 17.8 Å². The molecule has 1 aliphatic heterocycles. The van der Waals surface area contributed by atoms with Crippen molar-refractivity contribution in [3.8, 4) is 11.5 Å². The van der Waals surface area contributed by atoms with E-state index in [0.717, 1.165) is 42.3 Å². The molecule has 5 aliphatic rings. The fourth-order valence-corrected chi connectivity index (χ4v) is 7.26. The number of likely N-dealkylation sites (N-methyl/N-ethyl adjacent to an activating group) is 1. The maximum Gasteiger partial charge on any atom is 0.127 e. The molecule has 4 aliphatic carbocycles. The normalized spacial score (nSPS) is 34.3. The van der Waals surface area contributed by atoms with E-state index in [1.165, 1.54) is 37.7 Å². The number of likely N-dealkylation sites (tertiary alicyclic amines) is 1. The van der Waals surface area contributed by atoms with E-state index in [2.05, 4.69) is 60.5 Å². The Morgan fingerprint density at radius 1 is 0.793 bits per heavy atom. The highest BCUT2D eigenvalue weighted by Gasteiger charge is 2.56. The molecule has 0 radical (unpaired) electrons. The minimum atomic E-state index is -0.159. The summed E-state index contributed by atoms with van der Waals surface area (Å²) in [6.45, 7) is 1.88. The summed E-state index contributed by atoms with van der Waals surface area (Å²) in [6.07, 6.45) is 7.27. The van der Waals surface area contributed by atoms with E-state index in [1.807, 2.05) is 0 Å². The average Bonchev–Trinajstić information content (AvgIpc) is 3.13. The number of methoxy groups -OCH3 is 1. The van der Waals surface area contributed by atoms with Crippen LogP contribution in [0.25, 0.3) is 0 Å². The molecule has 1 heterocycles. The van der Waals surface area contributed by atoms with Gasteiger partial charge in [0.15, 0.2) is 0 Å². The van der Waals surface area contributed by atoms with Gasteiger partial charge in [-0.1, -0.05) is 24.3 Å². The molecule has 1 saturated heterocycles. The molecule has 7 rings (SSSR count). The molecule has 2 aromatic rings. The van der Waals surface area contributed by atoms with Crippen molar-refractivity contribution in [1.29, 1.82) is 0 Å². The number of ether oxygens (including phenoxy) is 2. The standard InChI is InChI=1S/C26H31NO2/c1-27-16-26(17-27,28-2)22-5-9-24(10-6-22)29-23-7-3-21(4-8-23)25-13-18-11-19(14-25)20(12-18)15-25/h3-10,18-20H,11-17H2,1-2H3. The zero-order chi connectivity index (χ0) is 19.6. The summed E-state index contributed by atoms with van der Waals surface area (Å²) < 4.78 is 12.0. The van der Waals surface area contributed by atoms with Crippen LogP contribution < -0.4 is 4.74 Å². The van der Waals surface area contributed by atoms with Crippen LogP contribution in [0.5, 0.6) is 11.5 Å². The molecule has 4 bridgehead atoms. The molecular weight excluding hydrogens is 358 g/mol. The molecule has 2 unspecified atom stereocenters. The van der Waals surface area contributed by atoms with E-state index < -0.39 is 0 Å². The zero-order valence-corrected chi connectivity index (χ0v) is 17.6. The Morgan fingerprint density at radius 3 is 1.83 bits per heavy atom. The molecule has 0 aromatic heterocycles. The van der Waals surface area contributed by atoms with Crippen LogP contribution in [-0.2, 0) is 15.8 Å². The van der Waals surface area contributed by atoms with Crippen molar-refractivity contribution >= 4 is 0 Å². The Morgan fingerprint density at radius 2 is 1.34 bits per heavy atom. The highest BCUT2D eigenvalue weighted by atomic mass is 16.5. The van der Waals surface area contributed by atoms with Crippen LogP contribution in [0.2, 0.25) is 0 Å². The Kier molecular flexibility index (Phi) is 3.92. The van der Waals surface area contributed by atoms with E-state index in [0.29, 0.717) is 5.41 Å². The summed E-state index contributed by atoms with van der Waals surface area (Å²) >= 11 is 0. The number of rotatable bonds is 5. The SMILES string of the molecule is COC1(c2ccc(Oc3ccc(C45CC6CC(C4)C(C6)C5)cc3)cc2)CN(C)C1. The molecule has 2 aromatic carbocycles. The van der Waals surface area contributed by atoms with Gasteiger partial charge in [0.1, 0.15) is 17.1 Å². The first-order valence-electron chi connectivity index (χ1n) is 11.2. The second-order valence-corrected chi connectivity index (χ2v) is 10.3. The summed E-state index contributed by atoms with van der Waals surface area (Å²) in [7, 11) is 3.93. The van der Waals surface area contributed by atoms with Crippen molar-refractivity contribution in [2.45, 2.75) is 43.1 Å². The molecule has 3 heteroatoms. The van der Waals surface area contributed by atoms with E-state index in [9.17, 15) is 0 Å². The molecular formula is C26H31NO2. The summed E-state index contributed by atoms with van der Waals surface area (Å²) in [5.74, 6) is 4.83. The number of hydrogen-bond acceptors (Lipinski definition) is 3. The van der Waals surface area contributed by atoms with Crippen molar-refractivity contribution in [1.82, 2.24) is 4.90 Å². The van der Waals surface area contributed by atoms with E-state index in [1.54, 1.807) is 12.7 Å². The lowest BCUT2D eigenvalue weighted by atomic mass is 9.66. The van der Waals surface area contributed by atoms with E-state index >= 15 is 0 Å². The molecule has 4 saturated carbocycles.